The summed E-state index contributed by atoms with van der Waals surface area (Å²) in [6.45, 7) is 5.84. The predicted octanol–water partition coefficient (Wildman–Crippen LogP) is 2.70. The van der Waals surface area contributed by atoms with Crippen LogP contribution < -0.4 is 0 Å². The fourth-order valence-corrected chi connectivity index (χ4v) is 5.30. The van der Waals surface area contributed by atoms with Gasteiger partial charge in [0, 0.05) is 11.3 Å². The number of fused-ring (bicyclic) bond motifs is 2. The van der Waals surface area contributed by atoms with E-state index in [4.69, 9.17) is 9.47 Å². The molecule has 1 heterocycles. The van der Waals surface area contributed by atoms with Crippen molar-refractivity contribution in [2.75, 3.05) is 0 Å². The van der Waals surface area contributed by atoms with Gasteiger partial charge in [0.15, 0.2) is 0 Å². The lowest BCUT2D eigenvalue weighted by molar-refractivity contribution is -0.172. The predicted molar refractivity (Wildman–Crippen MR) is 75.2 cm³/mol. The Labute approximate surface area is 125 Å². The summed E-state index contributed by atoms with van der Waals surface area (Å²) in [6, 6.07) is 0. The number of esters is 2. The van der Waals surface area contributed by atoms with Crippen LogP contribution in [0.25, 0.3) is 0 Å². The van der Waals surface area contributed by atoms with Gasteiger partial charge >= 0.3 is 11.9 Å². The van der Waals surface area contributed by atoms with Crippen LogP contribution in [0.5, 0.6) is 0 Å². The zero-order valence-electron chi connectivity index (χ0n) is 13.1. The van der Waals surface area contributed by atoms with Crippen LogP contribution in [0.15, 0.2) is 0 Å². The van der Waals surface area contributed by atoms with Gasteiger partial charge in [-0.2, -0.15) is 0 Å². The third-order valence-electron chi connectivity index (χ3n) is 6.75. The maximum atomic E-state index is 12.4. The van der Waals surface area contributed by atoms with Crippen molar-refractivity contribution < 1.29 is 19.1 Å². The average molecular weight is 292 g/mol. The Balaban J connectivity index is 1.61. The standard InChI is InChI=1S/C17H24O4/c1-4-16(2,3)15(19)20-12-10-5-9-6-11-14(18)21-13(12)17(11,7-9)8-10/h9-13H,4-8H2,1-3H3. The molecule has 6 unspecified atom stereocenters. The highest BCUT2D eigenvalue weighted by Crippen LogP contribution is 2.68. The first-order valence-electron chi connectivity index (χ1n) is 8.29. The average Bonchev–Trinajstić information content (AvgIpc) is 2.93. The largest absolute Gasteiger partial charge is 0.458 e. The van der Waals surface area contributed by atoms with Gasteiger partial charge in [0.05, 0.1) is 11.3 Å². The van der Waals surface area contributed by atoms with Crippen LogP contribution in [0.3, 0.4) is 0 Å². The van der Waals surface area contributed by atoms with E-state index < -0.39 is 5.41 Å². The first-order chi connectivity index (χ1) is 9.87. The Morgan fingerprint density at radius 3 is 2.86 bits per heavy atom. The van der Waals surface area contributed by atoms with E-state index in [0.29, 0.717) is 11.8 Å². The lowest BCUT2D eigenvalue weighted by Gasteiger charge is -2.29. The second-order valence-electron chi connectivity index (χ2n) is 8.26. The lowest BCUT2D eigenvalue weighted by Crippen LogP contribution is -2.39. The van der Waals surface area contributed by atoms with E-state index in [9.17, 15) is 9.59 Å². The van der Waals surface area contributed by atoms with E-state index in [1.54, 1.807) is 0 Å². The number of carbonyl (C=O) groups excluding carboxylic acids is 2. The van der Waals surface area contributed by atoms with Gasteiger partial charge in [-0.1, -0.05) is 6.92 Å². The molecule has 4 fully saturated rings. The minimum absolute atomic E-state index is 0.00797. The van der Waals surface area contributed by atoms with E-state index >= 15 is 0 Å². The molecule has 3 saturated carbocycles. The normalized spacial score (nSPS) is 46.6. The maximum Gasteiger partial charge on any atom is 0.311 e. The Morgan fingerprint density at radius 2 is 2.14 bits per heavy atom. The van der Waals surface area contributed by atoms with Gasteiger partial charge in [-0.3, -0.25) is 9.59 Å². The van der Waals surface area contributed by atoms with Gasteiger partial charge in [-0.05, 0) is 51.9 Å². The molecule has 116 valence electrons. The van der Waals surface area contributed by atoms with E-state index in [1.165, 1.54) is 0 Å². The first-order valence-corrected chi connectivity index (χ1v) is 8.29. The number of rotatable bonds is 3. The topological polar surface area (TPSA) is 52.6 Å². The van der Waals surface area contributed by atoms with Crippen molar-refractivity contribution in [3.8, 4) is 0 Å². The van der Waals surface area contributed by atoms with Crippen molar-refractivity contribution in [1.29, 1.82) is 0 Å². The van der Waals surface area contributed by atoms with Gasteiger partial charge in [-0.15, -0.1) is 0 Å². The zero-order chi connectivity index (χ0) is 15.0. The van der Waals surface area contributed by atoms with Gasteiger partial charge < -0.3 is 9.47 Å². The van der Waals surface area contributed by atoms with Gasteiger partial charge in [0.1, 0.15) is 12.2 Å². The van der Waals surface area contributed by atoms with Gasteiger partial charge in [0.25, 0.3) is 0 Å². The molecule has 4 aliphatic rings. The third-order valence-corrected chi connectivity index (χ3v) is 6.75. The Bertz CT molecular complexity index is 511. The minimum Gasteiger partial charge on any atom is -0.458 e. The molecule has 0 N–H and O–H groups in total. The molecule has 4 nitrogen and oxygen atoms in total. The molecule has 1 saturated heterocycles. The van der Waals surface area contributed by atoms with Crippen LogP contribution in [0, 0.1) is 28.6 Å². The van der Waals surface area contributed by atoms with Crippen molar-refractivity contribution in [1.82, 2.24) is 0 Å². The lowest BCUT2D eigenvalue weighted by atomic mass is 9.73. The van der Waals surface area contributed by atoms with Crippen LogP contribution in [-0.4, -0.2) is 24.1 Å². The molecule has 1 aliphatic heterocycles. The Morgan fingerprint density at radius 1 is 1.38 bits per heavy atom. The minimum atomic E-state index is -0.463. The molecule has 4 rings (SSSR count). The summed E-state index contributed by atoms with van der Waals surface area (Å²) in [6.07, 6.45) is 4.56. The van der Waals surface area contributed by atoms with Crippen molar-refractivity contribution >= 4 is 11.9 Å². The molecule has 3 aliphatic carbocycles. The van der Waals surface area contributed by atoms with Crippen molar-refractivity contribution in [2.24, 2.45) is 28.6 Å². The second kappa shape index (κ2) is 4.02. The molecule has 0 aromatic heterocycles. The zero-order valence-corrected chi connectivity index (χ0v) is 13.1. The van der Waals surface area contributed by atoms with E-state index in [0.717, 1.165) is 32.1 Å². The molecule has 0 amide bonds. The van der Waals surface area contributed by atoms with E-state index in [2.05, 4.69) is 0 Å². The van der Waals surface area contributed by atoms with E-state index in [-0.39, 0.29) is 35.5 Å². The summed E-state index contributed by atoms with van der Waals surface area (Å²) in [5, 5.41) is 0. The molecular formula is C17H24O4. The fourth-order valence-electron chi connectivity index (χ4n) is 5.30. The SMILES string of the molecule is CCC(C)(C)C(=O)OC1C2CC3CC4C(=O)OC1C4(C3)C2. The molecule has 0 aromatic carbocycles. The maximum absolute atomic E-state index is 12.4. The monoisotopic (exact) mass is 292 g/mol. The quantitative estimate of drug-likeness (QED) is 0.750. The van der Waals surface area contributed by atoms with Crippen LogP contribution in [0.4, 0.5) is 0 Å². The molecule has 6 atom stereocenters. The summed E-state index contributed by atoms with van der Waals surface area (Å²) >= 11 is 0. The molecular weight excluding hydrogens is 268 g/mol. The van der Waals surface area contributed by atoms with Crippen molar-refractivity contribution in [3.05, 3.63) is 0 Å². The van der Waals surface area contributed by atoms with Gasteiger partial charge in [-0.25, -0.2) is 0 Å². The smallest absolute Gasteiger partial charge is 0.311 e. The number of hydrogen-bond donors (Lipinski definition) is 0. The molecule has 4 heteroatoms. The second-order valence-corrected chi connectivity index (χ2v) is 8.26. The highest BCUT2D eigenvalue weighted by atomic mass is 16.6. The molecule has 3 bridgehead atoms. The molecule has 21 heavy (non-hydrogen) atoms. The summed E-state index contributed by atoms with van der Waals surface area (Å²) < 4.78 is 11.6. The summed E-state index contributed by atoms with van der Waals surface area (Å²) in [4.78, 5) is 24.6. The number of hydrogen-bond acceptors (Lipinski definition) is 4. The molecule has 1 spiro atoms. The highest BCUT2D eigenvalue weighted by Gasteiger charge is 2.72. The van der Waals surface area contributed by atoms with Crippen LogP contribution in [-0.2, 0) is 19.1 Å². The van der Waals surface area contributed by atoms with E-state index in [1.807, 2.05) is 20.8 Å². The number of carbonyl (C=O) groups is 2. The van der Waals surface area contributed by atoms with Crippen LogP contribution in [0.1, 0.15) is 52.9 Å². The summed E-state index contributed by atoms with van der Waals surface area (Å²) in [5.41, 5.74) is -0.471. The van der Waals surface area contributed by atoms with Crippen LogP contribution in [0.2, 0.25) is 0 Å². The first kappa shape index (κ1) is 13.6. The summed E-state index contributed by atoms with van der Waals surface area (Å²) in [5.74, 6) is 0.906. The van der Waals surface area contributed by atoms with Crippen LogP contribution >= 0.6 is 0 Å². The van der Waals surface area contributed by atoms with Gasteiger partial charge in [0.2, 0.25) is 0 Å². The summed E-state index contributed by atoms with van der Waals surface area (Å²) in [7, 11) is 0. The van der Waals surface area contributed by atoms with Crippen molar-refractivity contribution in [2.45, 2.75) is 65.1 Å². The van der Waals surface area contributed by atoms with Crippen molar-refractivity contribution in [3.63, 3.8) is 0 Å². The molecule has 0 radical (unpaired) electrons. The Hall–Kier alpha value is -1.06. The Kier molecular flexibility index (Phi) is 2.60. The fraction of sp³-hybridized carbons (Fsp3) is 0.882. The highest BCUT2D eigenvalue weighted by molar-refractivity contribution is 5.79. The number of ether oxygens (including phenoxy) is 2. The molecule has 0 aromatic rings. The third kappa shape index (κ3) is 1.62.